The Labute approximate surface area is 121 Å². The number of nitrogens with one attached hydrogen (secondary N) is 1. The van der Waals surface area contributed by atoms with E-state index >= 15 is 0 Å². The molecule has 3 heterocycles. The zero-order chi connectivity index (χ0) is 13.9. The van der Waals surface area contributed by atoms with E-state index in [2.05, 4.69) is 40.2 Å². The van der Waals surface area contributed by atoms with Crippen molar-refractivity contribution in [3.05, 3.63) is 46.9 Å². The molecule has 0 amide bonds. The van der Waals surface area contributed by atoms with Gasteiger partial charge in [-0.2, -0.15) is 0 Å². The van der Waals surface area contributed by atoms with E-state index in [1.54, 1.807) is 17.5 Å². The van der Waals surface area contributed by atoms with E-state index in [0.717, 1.165) is 34.1 Å². The average Bonchev–Trinajstić information content (AvgIpc) is 2.81. The van der Waals surface area contributed by atoms with Gasteiger partial charge < -0.3 is 5.32 Å². The third-order valence-corrected chi connectivity index (χ3v) is 3.92. The molecule has 0 aliphatic heterocycles. The second-order valence-corrected chi connectivity index (χ2v) is 5.83. The van der Waals surface area contributed by atoms with Crippen LogP contribution in [-0.2, 0) is 6.42 Å². The van der Waals surface area contributed by atoms with E-state index in [1.165, 1.54) is 4.88 Å². The van der Waals surface area contributed by atoms with E-state index in [0.29, 0.717) is 6.42 Å². The van der Waals surface area contributed by atoms with E-state index in [4.69, 9.17) is 0 Å². The zero-order valence-corrected chi connectivity index (χ0v) is 12.4. The second-order valence-electron chi connectivity index (χ2n) is 4.59. The van der Waals surface area contributed by atoms with E-state index < -0.39 is 0 Å². The summed E-state index contributed by atoms with van der Waals surface area (Å²) in [6, 6.07) is 8.05. The van der Waals surface area contributed by atoms with Crippen LogP contribution in [0.15, 0.2) is 30.5 Å². The zero-order valence-electron chi connectivity index (χ0n) is 11.6. The van der Waals surface area contributed by atoms with Crippen LogP contribution in [0.1, 0.15) is 23.3 Å². The van der Waals surface area contributed by atoms with Crippen molar-refractivity contribution in [2.45, 2.75) is 20.3 Å². The first-order chi connectivity index (χ1) is 9.76. The molecule has 0 saturated carbocycles. The monoisotopic (exact) mass is 284 g/mol. The van der Waals surface area contributed by atoms with Gasteiger partial charge in [-0.3, -0.25) is 4.98 Å². The van der Waals surface area contributed by atoms with Crippen LogP contribution >= 0.6 is 11.3 Å². The van der Waals surface area contributed by atoms with Gasteiger partial charge in [0.1, 0.15) is 16.5 Å². The number of hydrogen-bond donors (Lipinski definition) is 1. The molecule has 3 rings (SSSR count). The number of aromatic nitrogens is 3. The van der Waals surface area contributed by atoms with Crippen molar-refractivity contribution in [3.63, 3.8) is 0 Å². The molecule has 0 aliphatic carbocycles. The molecular formula is C15H16N4S. The number of rotatable bonds is 4. The molecule has 0 atom stereocenters. The minimum absolute atomic E-state index is 0.659. The van der Waals surface area contributed by atoms with Crippen LogP contribution in [0, 0.1) is 6.92 Å². The molecule has 5 heteroatoms. The molecule has 0 radical (unpaired) electrons. The summed E-state index contributed by atoms with van der Waals surface area (Å²) in [6.45, 7) is 5.02. The fraction of sp³-hybridized carbons (Fsp3) is 0.267. The maximum Gasteiger partial charge on any atom is 0.138 e. The lowest BCUT2D eigenvalue weighted by atomic mass is 10.2. The summed E-state index contributed by atoms with van der Waals surface area (Å²) < 4.78 is 0. The first-order valence-corrected chi connectivity index (χ1v) is 7.48. The molecule has 4 nitrogen and oxygen atoms in total. The number of hydrogen-bond acceptors (Lipinski definition) is 5. The van der Waals surface area contributed by atoms with E-state index in [-0.39, 0.29) is 0 Å². The molecule has 0 saturated heterocycles. The summed E-state index contributed by atoms with van der Waals surface area (Å²) in [6.07, 6.45) is 2.46. The Morgan fingerprint density at radius 1 is 1.25 bits per heavy atom. The molecule has 0 spiro atoms. The topological polar surface area (TPSA) is 50.7 Å². The smallest absolute Gasteiger partial charge is 0.138 e. The third kappa shape index (κ3) is 2.63. The van der Waals surface area contributed by atoms with Crippen molar-refractivity contribution in [1.82, 2.24) is 15.0 Å². The van der Waals surface area contributed by atoms with Gasteiger partial charge in [0.15, 0.2) is 0 Å². The van der Waals surface area contributed by atoms with Gasteiger partial charge in [0, 0.05) is 23.3 Å². The summed E-state index contributed by atoms with van der Waals surface area (Å²) in [5.74, 6) is 1.74. The minimum Gasteiger partial charge on any atom is -0.370 e. The first kappa shape index (κ1) is 13.0. The maximum atomic E-state index is 4.66. The van der Waals surface area contributed by atoms with Gasteiger partial charge in [0.05, 0.1) is 11.8 Å². The minimum atomic E-state index is 0.659. The fourth-order valence-electron chi connectivity index (χ4n) is 2.13. The maximum absolute atomic E-state index is 4.66. The molecule has 0 unspecified atom stereocenters. The highest BCUT2D eigenvalue weighted by Gasteiger charge is 2.10. The van der Waals surface area contributed by atoms with Crippen molar-refractivity contribution in [2.24, 2.45) is 0 Å². The Morgan fingerprint density at radius 2 is 2.15 bits per heavy atom. The van der Waals surface area contributed by atoms with Crippen LogP contribution in [0.4, 0.5) is 5.82 Å². The SMILES string of the molecule is CCNc1nc(Cc2ccccn2)nc2sc(C)cc12. The normalized spacial score (nSPS) is 10.9. The molecule has 0 fully saturated rings. The second kappa shape index (κ2) is 5.54. The summed E-state index contributed by atoms with van der Waals surface area (Å²) in [4.78, 5) is 15.9. The summed E-state index contributed by atoms with van der Waals surface area (Å²) in [5.41, 5.74) is 0.988. The number of aryl methyl sites for hydroxylation is 1. The lowest BCUT2D eigenvalue weighted by Crippen LogP contribution is -2.05. The van der Waals surface area contributed by atoms with E-state index in [9.17, 15) is 0 Å². The fourth-order valence-corrected chi connectivity index (χ4v) is 3.03. The lowest BCUT2D eigenvalue weighted by molar-refractivity contribution is 0.953. The van der Waals surface area contributed by atoms with Crippen molar-refractivity contribution in [1.29, 1.82) is 0 Å². The number of nitrogens with zero attached hydrogens (tertiary/aromatic N) is 3. The largest absolute Gasteiger partial charge is 0.370 e. The predicted molar refractivity (Wildman–Crippen MR) is 83.4 cm³/mol. The Kier molecular flexibility index (Phi) is 3.60. The molecule has 0 aliphatic rings. The molecule has 0 aromatic carbocycles. The van der Waals surface area contributed by atoms with Gasteiger partial charge in [-0.15, -0.1) is 11.3 Å². The van der Waals surface area contributed by atoms with Gasteiger partial charge >= 0.3 is 0 Å². The van der Waals surface area contributed by atoms with Crippen LogP contribution in [0.2, 0.25) is 0 Å². The predicted octanol–water partition coefficient (Wildman–Crippen LogP) is 3.42. The van der Waals surface area contributed by atoms with Gasteiger partial charge in [0.2, 0.25) is 0 Å². The lowest BCUT2D eigenvalue weighted by Gasteiger charge is -2.06. The number of thiophene rings is 1. The van der Waals surface area contributed by atoms with Crippen LogP contribution in [0.5, 0.6) is 0 Å². The van der Waals surface area contributed by atoms with Gasteiger partial charge in [-0.1, -0.05) is 6.07 Å². The van der Waals surface area contributed by atoms with Crippen molar-refractivity contribution in [3.8, 4) is 0 Å². The van der Waals surface area contributed by atoms with Crippen LogP contribution in [0.3, 0.4) is 0 Å². The first-order valence-electron chi connectivity index (χ1n) is 6.67. The average molecular weight is 284 g/mol. The quantitative estimate of drug-likeness (QED) is 0.797. The summed E-state index contributed by atoms with van der Waals surface area (Å²) >= 11 is 1.71. The summed E-state index contributed by atoms with van der Waals surface area (Å²) in [5, 5.41) is 4.44. The number of fused-ring (bicyclic) bond motifs is 1. The highest BCUT2D eigenvalue weighted by atomic mass is 32.1. The number of pyridine rings is 1. The highest BCUT2D eigenvalue weighted by Crippen LogP contribution is 2.28. The van der Waals surface area contributed by atoms with Gasteiger partial charge in [0.25, 0.3) is 0 Å². The molecule has 1 N–H and O–H groups in total. The molecule has 3 aromatic rings. The highest BCUT2D eigenvalue weighted by molar-refractivity contribution is 7.18. The molecular weight excluding hydrogens is 268 g/mol. The van der Waals surface area contributed by atoms with Gasteiger partial charge in [-0.05, 0) is 32.0 Å². The Balaban J connectivity index is 2.03. The molecule has 3 aromatic heterocycles. The van der Waals surface area contributed by atoms with Crippen LogP contribution in [0.25, 0.3) is 10.2 Å². The Hall–Kier alpha value is -2.01. The summed E-state index contributed by atoms with van der Waals surface area (Å²) in [7, 11) is 0. The molecule has 0 bridgehead atoms. The Bertz CT molecular complexity index is 721. The Morgan fingerprint density at radius 3 is 2.90 bits per heavy atom. The van der Waals surface area contributed by atoms with Crippen LogP contribution in [-0.4, -0.2) is 21.5 Å². The van der Waals surface area contributed by atoms with Crippen LogP contribution < -0.4 is 5.32 Å². The van der Waals surface area contributed by atoms with Gasteiger partial charge in [-0.25, -0.2) is 9.97 Å². The molecule has 102 valence electrons. The molecule has 20 heavy (non-hydrogen) atoms. The van der Waals surface area contributed by atoms with Crippen molar-refractivity contribution >= 4 is 27.4 Å². The standard InChI is InChI=1S/C15H16N4S/c1-3-16-14-12-8-10(2)20-15(12)19-13(18-14)9-11-6-4-5-7-17-11/h4-8H,3,9H2,1-2H3,(H,16,18,19). The third-order valence-electron chi connectivity index (χ3n) is 2.97. The van der Waals surface area contributed by atoms with Crippen molar-refractivity contribution in [2.75, 3.05) is 11.9 Å². The van der Waals surface area contributed by atoms with Crippen molar-refractivity contribution < 1.29 is 0 Å². The van der Waals surface area contributed by atoms with E-state index in [1.807, 2.05) is 18.2 Å². The number of anilines is 1.